The molecule has 29 heavy (non-hydrogen) atoms. The van der Waals surface area contributed by atoms with Gasteiger partial charge in [0, 0.05) is 18.7 Å². The smallest absolute Gasteiger partial charge is 0.253 e. The molecule has 1 N–H and O–H groups in total. The van der Waals surface area contributed by atoms with Crippen molar-refractivity contribution in [2.24, 2.45) is 0 Å². The van der Waals surface area contributed by atoms with E-state index in [1.54, 1.807) is 35.7 Å². The maximum Gasteiger partial charge on any atom is 0.253 e. The number of nitrogens with zero attached hydrogens (tertiary/aromatic N) is 2. The van der Waals surface area contributed by atoms with Crippen LogP contribution in [-0.2, 0) is 24.4 Å². The number of carbonyl (C=O) groups is 3. The van der Waals surface area contributed by atoms with Crippen LogP contribution in [0.1, 0.15) is 26.2 Å². The standard InChI is InChI=1S/C19H19N3O5S2/c1-12(23)20-13-4-6-14(7-5-13)21-17(24)11-16(19(21)25)22(15-8-9-15)29(26,27)18-3-2-10-28-18/h2-7,10,15-16H,8-9,11H2,1H3,(H,20,23). The van der Waals surface area contributed by atoms with Gasteiger partial charge >= 0.3 is 0 Å². The summed E-state index contributed by atoms with van der Waals surface area (Å²) in [6, 6.07) is 8.14. The highest BCUT2D eigenvalue weighted by atomic mass is 32.2. The lowest BCUT2D eigenvalue weighted by Gasteiger charge is -2.26. The first-order valence-electron chi connectivity index (χ1n) is 9.10. The molecule has 2 aromatic rings. The minimum atomic E-state index is -3.86. The lowest BCUT2D eigenvalue weighted by Crippen LogP contribution is -2.46. The van der Waals surface area contributed by atoms with Gasteiger partial charge in [-0.25, -0.2) is 13.3 Å². The first-order chi connectivity index (χ1) is 13.8. The summed E-state index contributed by atoms with van der Waals surface area (Å²) < 4.78 is 27.6. The van der Waals surface area contributed by atoms with Crippen molar-refractivity contribution in [2.75, 3.05) is 10.2 Å². The van der Waals surface area contributed by atoms with E-state index >= 15 is 0 Å². The highest BCUT2D eigenvalue weighted by Gasteiger charge is 2.52. The lowest BCUT2D eigenvalue weighted by atomic mass is 10.2. The van der Waals surface area contributed by atoms with Crippen LogP contribution in [0.25, 0.3) is 0 Å². The van der Waals surface area contributed by atoms with Crippen LogP contribution < -0.4 is 10.2 Å². The Kier molecular flexibility index (Phi) is 5.01. The number of hydrogen-bond acceptors (Lipinski definition) is 6. The van der Waals surface area contributed by atoms with Crippen molar-refractivity contribution >= 4 is 50.5 Å². The van der Waals surface area contributed by atoms with E-state index in [9.17, 15) is 22.8 Å². The topological polar surface area (TPSA) is 104 Å². The summed E-state index contributed by atoms with van der Waals surface area (Å²) in [6.07, 6.45) is 1.16. The van der Waals surface area contributed by atoms with E-state index in [-0.39, 0.29) is 22.6 Å². The van der Waals surface area contributed by atoms with Crippen molar-refractivity contribution in [3.8, 4) is 0 Å². The summed E-state index contributed by atoms with van der Waals surface area (Å²) in [7, 11) is -3.86. The number of carbonyl (C=O) groups excluding carboxylic acids is 3. The molecular formula is C19H19N3O5S2. The van der Waals surface area contributed by atoms with Crippen molar-refractivity contribution < 1.29 is 22.8 Å². The van der Waals surface area contributed by atoms with Crippen LogP contribution in [-0.4, -0.2) is 42.5 Å². The number of imide groups is 1. The average Bonchev–Trinajstić information content (AvgIpc) is 3.22. The molecule has 4 rings (SSSR count). The molecule has 1 aromatic heterocycles. The number of benzene rings is 1. The van der Waals surface area contributed by atoms with Crippen LogP contribution in [0.3, 0.4) is 0 Å². The molecule has 1 aromatic carbocycles. The Bertz CT molecular complexity index is 1060. The fraction of sp³-hybridized carbons (Fsp3) is 0.316. The second-order valence-electron chi connectivity index (χ2n) is 7.01. The molecular weight excluding hydrogens is 414 g/mol. The predicted octanol–water partition coefficient (Wildman–Crippen LogP) is 2.19. The van der Waals surface area contributed by atoms with Crippen LogP contribution in [0.15, 0.2) is 46.0 Å². The van der Waals surface area contributed by atoms with Crippen molar-refractivity contribution in [2.45, 2.75) is 42.5 Å². The molecule has 1 aliphatic heterocycles. The maximum absolute atomic E-state index is 13.1. The summed E-state index contributed by atoms with van der Waals surface area (Å²) >= 11 is 1.09. The van der Waals surface area contributed by atoms with Gasteiger partial charge in [-0.3, -0.25) is 14.4 Å². The van der Waals surface area contributed by atoms with Crippen LogP contribution in [0.2, 0.25) is 0 Å². The van der Waals surface area contributed by atoms with Gasteiger partial charge in [0.2, 0.25) is 11.8 Å². The summed E-state index contributed by atoms with van der Waals surface area (Å²) in [5.74, 6) is -1.22. The van der Waals surface area contributed by atoms with Crippen LogP contribution >= 0.6 is 11.3 Å². The van der Waals surface area contributed by atoms with Gasteiger partial charge < -0.3 is 5.32 Å². The molecule has 2 fully saturated rings. The summed E-state index contributed by atoms with van der Waals surface area (Å²) in [5, 5.41) is 4.29. The molecule has 1 aliphatic carbocycles. The summed E-state index contributed by atoms with van der Waals surface area (Å²) in [6.45, 7) is 1.38. The van der Waals surface area contributed by atoms with Gasteiger partial charge in [0.15, 0.2) is 0 Å². The van der Waals surface area contributed by atoms with E-state index in [4.69, 9.17) is 0 Å². The van der Waals surface area contributed by atoms with E-state index < -0.39 is 27.9 Å². The number of hydrogen-bond donors (Lipinski definition) is 1. The first-order valence-corrected chi connectivity index (χ1v) is 11.4. The molecule has 1 saturated heterocycles. The van der Waals surface area contributed by atoms with E-state index in [1.807, 2.05) is 0 Å². The molecule has 8 nitrogen and oxygen atoms in total. The molecule has 2 heterocycles. The Morgan fingerprint density at radius 2 is 1.86 bits per heavy atom. The van der Waals surface area contributed by atoms with Gasteiger partial charge in [0.1, 0.15) is 10.3 Å². The zero-order chi connectivity index (χ0) is 20.8. The van der Waals surface area contributed by atoms with Crippen molar-refractivity contribution in [3.05, 3.63) is 41.8 Å². The predicted molar refractivity (Wildman–Crippen MR) is 108 cm³/mol. The van der Waals surface area contributed by atoms with Gasteiger partial charge in [-0.15, -0.1) is 11.3 Å². The van der Waals surface area contributed by atoms with E-state index in [2.05, 4.69) is 5.32 Å². The number of nitrogens with one attached hydrogen (secondary N) is 1. The van der Waals surface area contributed by atoms with Gasteiger partial charge in [0.25, 0.3) is 15.9 Å². The van der Waals surface area contributed by atoms with E-state index in [1.165, 1.54) is 17.3 Å². The highest BCUT2D eigenvalue weighted by Crippen LogP contribution is 2.39. The monoisotopic (exact) mass is 433 g/mol. The third-order valence-electron chi connectivity index (χ3n) is 4.81. The lowest BCUT2D eigenvalue weighted by molar-refractivity contribution is -0.122. The molecule has 1 saturated carbocycles. The maximum atomic E-state index is 13.1. The fourth-order valence-electron chi connectivity index (χ4n) is 3.44. The Labute approximate surface area is 172 Å². The zero-order valence-electron chi connectivity index (χ0n) is 15.6. The zero-order valence-corrected chi connectivity index (χ0v) is 17.2. The Morgan fingerprint density at radius 3 is 2.41 bits per heavy atom. The van der Waals surface area contributed by atoms with Crippen LogP contribution in [0.5, 0.6) is 0 Å². The Balaban J connectivity index is 1.62. The largest absolute Gasteiger partial charge is 0.326 e. The summed E-state index contributed by atoms with van der Waals surface area (Å²) in [5.41, 5.74) is 0.887. The molecule has 1 unspecified atom stereocenters. The molecule has 0 spiro atoms. The fourth-order valence-corrected chi connectivity index (χ4v) is 6.37. The highest BCUT2D eigenvalue weighted by molar-refractivity contribution is 7.91. The van der Waals surface area contributed by atoms with Crippen LogP contribution in [0.4, 0.5) is 11.4 Å². The third kappa shape index (κ3) is 3.70. The Morgan fingerprint density at radius 1 is 1.17 bits per heavy atom. The van der Waals surface area contributed by atoms with E-state index in [0.717, 1.165) is 16.2 Å². The molecule has 10 heteroatoms. The number of amides is 3. The Hall–Kier alpha value is -2.56. The van der Waals surface area contributed by atoms with Crippen LogP contribution in [0, 0.1) is 0 Å². The number of rotatable bonds is 6. The van der Waals surface area contributed by atoms with E-state index in [0.29, 0.717) is 24.2 Å². The second-order valence-corrected chi connectivity index (χ2v) is 10.0. The molecule has 152 valence electrons. The van der Waals surface area contributed by atoms with Gasteiger partial charge in [0.05, 0.1) is 12.1 Å². The van der Waals surface area contributed by atoms with Crippen molar-refractivity contribution in [1.29, 1.82) is 0 Å². The third-order valence-corrected chi connectivity index (χ3v) is 8.14. The molecule has 0 radical (unpaired) electrons. The number of thiophene rings is 1. The SMILES string of the molecule is CC(=O)Nc1ccc(N2C(=O)CC(N(C3CC3)S(=O)(=O)c3cccs3)C2=O)cc1. The van der Waals surface area contributed by atoms with Crippen molar-refractivity contribution in [1.82, 2.24) is 4.31 Å². The molecule has 1 atom stereocenters. The summed E-state index contributed by atoms with van der Waals surface area (Å²) in [4.78, 5) is 37.9. The van der Waals surface area contributed by atoms with Gasteiger partial charge in [-0.05, 0) is 48.6 Å². The number of sulfonamides is 1. The van der Waals surface area contributed by atoms with Crippen molar-refractivity contribution in [3.63, 3.8) is 0 Å². The number of anilines is 2. The second kappa shape index (κ2) is 7.36. The quantitative estimate of drug-likeness (QED) is 0.704. The van der Waals surface area contributed by atoms with Gasteiger partial charge in [-0.2, -0.15) is 4.31 Å². The minimum Gasteiger partial charge on any atom is -0.326 e. The normalized spacial score (nSPS) is 19.8. The first kappa shape index (κ1) is 19.7. The minimum absolute atomic E-state index is 0.169. The average molecular weight is 434 g/mol. The van der Waals surface area contributed by atoms with Gasteiger partial charge in [-0.1, -0.05) is 6.07 Å². The molecule has 3 amide bonds. The molecule has 0 bridgehead atoms. The molecule has 2 aliphatic rings.